The Labute approximate surface area is 124 Å². The summed E-state index contributed by atoms with van der Waals surface area (Å²) < 4.78 is 1.21. The lowest BCUT2D eigenvalue weighted by Gasteiger charge is -2.24. The number of nitrogens with zero attached hydrogens (tertiary/aromatic N) is 2. The largest absolute Gasteiger partial charge is 0.481 e. The number of carbonyl (C=O) groups is 2. The number of thiophene rings is 1. The van der Waals surface area contributed by atoms with Gasteiger partial charge in [0.15, 0.2) is 0 Å². The normalized spacial score (nSPS) is 11.5. The Kier molecular flexibility index (Phi) is 4.08. The fourth-order valence-electron chi connectivity index (χ4n) is 2.00. The molecule has 7 nitrogen and oxygen atoms in total. The van der Waals surface area contributed by atoms with Gasteiger partial charge in [-0.3, -0.25) is 19.0 Å². The van der Waals surface area contributed by atoms with Gasteiger partial charge in [-0.25, -0.2) is 4.98 Å². The van der Waals surface area contributed by atoms with Crippen molar-refractivity contribution in [2.45, 2.75) is 32.4 Å². The summed E-state index contributed by atoms with van der Waals surface area (Å²) in [4.78, 5) is 39.5. The number of hydrogen-bond acceptors (Lipinski definition) is 5. The van der Waals surface area contributed by atoms with E-state index in [1.54, 1.807) is 25.3 Å². The van der Waals surface area contributed by atoms with Gasteiger partial charge < -0.3 is 10.4 Å². The van der Waals surface area contributed by atoms with E-state index < -0.39 is 17.4 Å². The second-order valence-corrected chi connectivity index (χ2v) is 6.21. The molecular weight excluding hydrogens is 294 g/mol. The van der Waals surface area contributed by atoms with E-state index in [0.717, 1.165) is 0 Å². The maximum atomic E-state index is 12.1. The number of carboxylic acid groups (broad SMARTS) is 1. The highest BCUT2D eigenvalue weighted by molar-refractivity contribution is 7.16. The van der Waals surface area contributed by atoms with Crippen LogP contribution < -0.4 is 10.9 Å². The number of carbonyl (C=O) groups excluding carboxylic acids is 1. The Morgan fingerprint density at radius 3 is 2.86 bits per heavy atom. The zero-order valence-electron chi connectivity index (χ0n) is 11.6. The van der Waals surface area contributed by atoms with Crippen molar-refractivity contribution < 1.29 is 14.7 Å². The molecule has 8 heteroatoms. The van der Waals surface area contributed by atoms with E-state index in [9.17, 15) is 14.4 Å². The van der Waals surface area contributed by atoms with Crippen molar-refractivity contribution in [3.8, 4) is 0 Å². The Hall–Kier alpha value is -2.22. The minimum absolute atomic E-state index is 0.194. The summed E-state index contributed by atoms with van der Waals surface area (Å²) in [6, 6.07) is 1.66. The molecule has 0 bridgehead atoms. The molecule has 21 heavy (non-hydrogen) atoms. The highest BCUT2D eigenvalue weighted by Crippen LogP contribution is 2.13. The van der Waals surface area contributed by atoms with Crippen LogP contribution in [0.1, 0.15) is 20.3 Å². The average Bonchev–Trinajstić information content (AvgIpc) is 2.79. The minimum atomic E-state index is -1.00. The van der Waals surface area contributed by atoms with Crippen molar-refractivity contribution in [2.75, 3.05) is 0 Å². The van der Waals surface area contributed by atoms with E-state index in [4.69, 9.17) is 5.11 Å². The summed E-state index contributed by atoms with van der Waals surface area (Å²) in [6.45, 7) is 3.03. The van der Waals surface area contributed by atoms with E-state index in [2.05, 4.69) is 10.3 Å². The number of aliphatic carboxylic acids is 1. The lowest BCUT2D eigenvalue weighted by molar-refractivity contribution is -0.138. The van der Waals surface area contributed by atoms with Crippen LogP contribution >= 0.6 is 11.3 Å². The van der Waals surface area contributed by atoms with Gasteiger partial charge in [0.1, 0.15) is 11.4 Å². The quantitative estimate of drug-likeness (QED) is 0.852. The number of aromatic nitrogens is 2. The maximum absolute atomic E-state index is 12.1. The molecule has 0 fully saturated rings. The predicted octanol–water partition coefficient (Wildman–Crippen LogP) is 0.828. The molecule has 0 radical (unpaired) electrons. The van der Waals surface area contributed by atoms with Crippen LogP contribution in [-0.2, 0) is 16.1 Å². The van der Waals surface area contributed by atoms with Crippen molar-refractivity contribution in [1.29, 1.82) is 0 Å². The average molecular weight is 309 g/mol. The van der Waals surface area contributed by atoms with Gasteiger partial charge in [0.2, 0.25) is 5.91 Å². The van der Waals surface area contributed by atoms with Crippen molar-refractivity contribution in [3.05, 3.63) is 28.1 Å². The molecule has 2 heterocycles. The van der Waals surface area contributed by atoms with E-state index in [1.807, 2.05) is 0 Å². The molecule has 0 aliphatic heterocycles. The van der Waals surface area contributed by atoms with Crippen LogP contribution in [0.15, 0.2) is 22.6 Å². The molecular formula is C13H15N3O4S. The Bertz CT molecular complexity index is 747. The Morgan fingerprint density at radius 2 is 2.19 bits per heavy atom. The summed E-state index contributed by atoms with van der Waals surface area (Å²) in [5, 5.41) is 13.6. The van der Waals surface area contributed by atoms with E-state index >= 15 is 0 Å². The van der Waals surface area contributed by atoms with Gasteiger partial charge in [0.25, 0.3) is 5.56 Å². The lowest BCUT2D eigenvalue weighted by Crippen LogP contribution is -2.47. The molecule has 1 amide bonds. The van der Waals surface area contributed by atoms with E-state index in [0.29, 0.717) is 10.2 Å². The van der Waals surface area contributed by atoms with Crippen LogP contribution in [0.2, 0.25) is 0 Å². The Morgan fingerprint density at radius 1 is 1.48 bits per heavy atom. The first-order chi connectivity index (χ1) is 9.78. The third-order valence-corrected chi connectivity index (χ3v) is 3.66. The molecule has 2 rings (SSSR count). The van der Waals surface area contributed by atoms with Gasteiger partial charge >= 0.3 is 5.97 Å². The topological polar surface area (TPSA) is 101 Å². The number of fused-ring (bicyclic) bond motifs is 1. The van der Waals surface area contributed by atoms with E-state index in [1.165, 1.54) is 22.2 Å². The van der Waals surface area contributed by atoms with Crippen LogP contribution in [0, 0.1) is 0 Å². The van der Waals surface area contributed by atoms with Crippen LogP contribution in [0.25, 0.3) is 10.2 Å². The molecule has 2 N–H and O–H groups in total. The minimum Gasteiger partial charge on any atom is -0.481 e. The number of hydrogen-bond donors (Lipinski definition) is 2. The molecule has 0 saturated heterocycles. The highest BCUT2D eigenvalue weighted by atomic mass is 32.1. The molecule has 0 saturated carbocycles. The molecule has 2 aromatic rings. The van der Waals surface area contributed by atoms with Crippen LogP contribution in [-0.4, -0.2) is 32.1 Å². The SMILES string of the molecule is CC(C)(CC(=O)O)NC(=O)Cn1cnc2sccc2c1=O. The smallest absolute Gasteiger partial charge is 0.305 e. The summed E-state index contributed by atoms with van der Waals surface area (Å²) >= 11 is 1.36. The maximum Gasteiger partial charge on any atom is 0.305 e. The van der Waals surface area contributed by atoms with Crippen molar-refractivity contribution in [1.82, 2.24) is 14.9 Å². The summed E-state index contributed by atoms with van der Waals surface area (Å²) in [5.74, 6) is -1.43. The molecule has 2 aromatic heterocycles. The van der Waals surface area contributed by atoms with Gasteiger partial charge in [-0.05, 0) is 25.3 Å². The van der Waals surface area contributed by atoms with Crippen molar-refractivity contribution >= 4 is 33.4 Å². The van der Waals surface area contributed by atoms with Gasteiger partial charge in [0.05, 0.1) is 18.1 Å². The van der Waals surface area contributed by atoms with Gasteiger partial charge in [-0.2, -0.15) is 0 Å². The van der Waals surface area contributed by atoms with Crippen LogP contribution in [0.5, 0.6) is 0 Å². The lowest BCUT2D eigenvalue weighted by atomic mass is 10.0. The third kappa shape index (κ3) is 3.66. The van der Waals surface area contributed by atoms with Gasteiger partial charge in [-0.1, -0.05) is 0 Å². The summed E-state index contributed by atoms with van der Waals surface area (Å²) in [6.07, 6.45) is 1.13. The highest BCUT2D eigenvalue weighted by Gasteiger charge is 2.24. The molecule has 0 spiro atoms. The van der Waals surface area contributed by atoms with Gasteiger partial charge in [0, 0.05) is 5.54 Å². The van der Waals surface area contributed by atoms with Gasteiger partial charge in [-0.15, -0.1) is 11.3 Å². The standard InChI is InChI=1S/C13H15N3O4S/c1-13(2,5-10(18)19)15-9(17)6-16-7-14-11-8(12(16)20)3-4-21-11/h3-4,7H,5-6H2,1-2H3,(H,15,17)(H,18,19). The molecule has 0 unspecified atom stereocenters. The second-order valence-electron chi connectivity index (χ2n) is 5.32. The van der Waals surface area contributed by atoms with Crippen LogP contribution in [0.4, 0.5) is 0 Å². The zero-order chi connectivity index (χ0) is 15.6. The van der Waals surface area contributed by atoms with Crippen LogP contribution in [0.3, 0.4) is 0 Å². The first-order valence-corrected chi connectivity index (χ1v) is 7.12. The monoisotopic (exact) mass is 309 g/mol. The van der Waals surface area contributed by atoms with E-state index in [-0.39, 0.29) is 18.5 Å². The number of nitrogens with one attached hydrogen (secondary N) is 1. The Balaban J connectivity index is 2.13. The number of rotatable bonds is 5. The second kappa shape index (κ2) is 5.65. The fourth-order valence-corrected chi connectivity index (χ4v) is 2.72. The molecule has 0 atom stereocenters. The molecule has 0 aliphatic carbocycles. The van der Waals surface area contributed by atoms with Crippen molar-refractivity contribution in [3.63, 3.8) is 0 Å². The molecule has 0 aliphatic rings. The predicted molar refractivity (Wildman–Crippen MR) is 78.4 cm³/mol. The summed E-state index contributed by atoms with van der Waals surface area (Å²) in [5.41, 5.74) is -1.17. The third-order valence-electron chi connectivity index (χ3n) is 2.84. The molecule has 0 aromatic carbocycles. The summed E-state index contributed by atoms with van der Waals surface area (Å²) in [7, 11) is 0. The molecule has 112 valence electrons. The fraction of sp³-hybridized carbons (Fsp3) is 0.385. The van der Waals surface area contributed by atoms with Crippen molar-refractivity contribution in [2.24, 2.45) is 0 Å². The zero-order valence-corrected chi connectivity index (χ0v) is 12.4. The number of carboxylic acids is 1. The first kappa shape index (κ1) is 15.2. The number of amides is 1. The first-order valence-electron chi connectivity index (χ1n) is 6.24.